The van der Waals surface area contributed by atoms with Crippen LogP contribution in [0, 0.1) is 17.3 Å². The van der Waals surface area contributed by atoms with Crippen molar-refractivity contribution in [3.8, 4) is 0 Å². The molecule has 86 valence electrons. The fourth-order valence-corrected chi connectivity index (χ4v) is 2.77. The van der Waals surface area contributed by atoms with Crippen LogP contribution >= 0.6 is 0 Å². The van der Waals surface area contributed by atoms with Gasteiger partial charge in [-0.3, -0.25) is 4.79 Å². The molecule has 3 unspecified atom stereocenters. The minimum atomic E-state index is -0.304. The molecule has 0 amide bonds. The summed E-state index contributed by atoms with van der Waals surface area (Å²) in [4.78, 5) is 11.9. The number of ether oxygens (including phenoxy) is 1. The van der Waals surface area contributed by atoms with Crippen LogP contribution in [0.15, 0.2) is 0 Å². The van der Waals surface area contributed by atoms with Crippen molar-refractivity contribution in [2.45, 2.75) is 59.0 Å². The quantitative estimate of drug-likeness (QED) is 0.669. The fourth-order valence-electron chi connectivity index (χ4n) is 2.77. The average Bonchev–Trinajstić information content (AvgIpc) is 2.79. The van der Waals surface area contributed by atoms with Gasteiger partial charge in [-0.1, -0.05) is 6.92 Å². The van der Waals surface area contributed by atoms with Crippen LogP contribution in [0.3, 0.4) is 0 Å². The minimum Gasteiger partial charge on any atom is -0.462 e. The van der Waals surface area contributed by atoms with Gasteiger partial charge in [0.15, 0.2) is 0 Å². The molecule has 2 saturated carbocycles. The Morgan fingerprint density at radius 2 is 2.07 bits per heavy atom. The van der Waals surface area contributed by atoms with Gasteiger partial charge in [-0.25, -0.2) is 0 Å². The maximum Gasteiger partial charge on any atom is 0.311 e. The first-order valence-corrected chi connectivity index (χ1v) is 6.24. The lowest BCUT2D eigenvalue weighted by Crippen LogP contribution is -2.32. The molecular weight excluding hydrogens is 188 g/mol. The molecule has 0 aliphatic heterocycles. The van der Waals surface area contributed by atoms with Crippen molar-refractivity contribution in [3.05, 3.63) is 0 Å². The number of hydrogen-bond acceptors (Lipinski definition) is 2. The van der Waals surface area contributed by atoms with Gasteiger partial charge in [-0.05, 0) is 57.8 Å². The number of fused-ring (bicyclic) bond motifs is 2. The average molecular weight is 210 g/mol. The van der Waals surface area contributed by atoms with Gasteiger partial charge in [0.2, 0.25) is 0 Å². The van der Waals surface area contributed by atoms with Crippen LogP contribution in [-0.4, -0.2) is 12.1 Å². The predicted octanol–water partition coefficient (Wildman–Crippen LogP) is 3.15. The largest absolute Gasteiger partial charge is 0.462 e. The number of carbonyl (C=O) groups excluding carboxylic acids is 1. The van der Waals surface area contributed by atoms with E-state index in [1.165, 1.54) is 19.3 Å². The lowest BCUT2D eigenvalue weighted by Gasteiger charge is -2.27. The molecule has 0 aromatic heterocycles. The lowest BCUT2D eigenvalue weighted by molar-refractivity contribution is -0.162. The van der Waals surface area contributed by atoms with Crippen molar-refractivity contribution in [1.82, 2.24) is 0 Å². The summed E-state index contributed by atoms with van der Waals surface area (Å²) in [5, 5.41) is 0. The van der Waals surface area contributed by atoms with Gasteiger partial charge in [0.05, 0.1) is 5.41 Å². The summed E-state index contributed by atoms with van der Waals surface area (Å²) in [5.41, 5.74) is -0.304. The molecule has 3 atom stereocenters. The summed E-state index contributed by atoms with van der Waals surface area (Å²) in [6.45, 7) is 5.99. The van der Waals surface area contributed by atoms with E-state index in [9.17, 15) is 4.79 Å². The lowest BCUT2D eigenvalue weighted by atomic mass is 9.90. The number of esters is 1. The highest BCUT2D eigenvalue weighted by molar-refractivity contribution is 5.76. The first-order valence-electron chi connectivity index (χ1n) is 6.24. The van der Waals surface area contributed by atoms with Crippen molar-refractivity contribution in [1.29, 1.82) is 0 Å². The van der Waals surface area contributed by atoms with Crippen molar-refractivity contribution in [2.24, 2.45) is 17.3 Å². The Balaban J connectivity index is 1.90. The predicted molar refractivity (Wildman–Crippen MR) is 59.4 cm³/mol. The zero-order valence-electron chi connectivity index (χ0n) is 10.1. The second kappa shape index (κ2) is 3.80. The molecule has 0 aromatic rings. The second-order valence-electron chi connectivity index (χ2n) is 5.86. The third kappa shape index (κ3) is 2.04. The molecule has 2 fully saturated rings. The Morgan fingerprint density at radius 1 is 1.33 bits per heavy atom. The molecule has 0 saturated heterocycles. The molecule has 2 bridgehead atoms. The summed E-state index contributed by atoms with van der Waals surface area (Å²) in [7, 11) is 0. The molecule has 2 aliphatic carbocycles. The van der Waals surface area contributed by atoms with Gasteiger partial charge in [0.1, 0.15) is 6.10 Å². The highest BCUT2D eigenvalue weighted by Crippen LogP contribution is 2.46. The van der Waals surface area contributed by atoms with Gasteiger partial charge in [0.25, 0.3) is 0 Å². The summed E-state index contributed by atoms with van der Waals surface area (Å²) in [6.07, 6.45) is 6.14. The van der Waals surface area contributed by atoms with Gasteiger partial charge in [-0.2, -0.15) is 0 Å². The number of rotatable bonds is 3. The maximum absolute atomic E-state index is 11.9. The maximum atomic E-state index is 11.9. The van der Waals surface area contributed by atoms with Crippen molar-refractivity contribution in [2.75, 3.05) is 0 Å². The standard InChI is InChI=1S/C13H22O2/c1-4-13(2,3)12(14)15-11-8-9-5-6-10(11)7-9/h9-11H,4-8H2,1-3H3. The van der Waals surface area contributed by atoms with Crippen molar-refractivity contribution < 1.29 is 9.53 Å². The summed E-state index contributed by atoms with van der Waals surface area (Å²) >= 11 is 0. The van der Waals surface area contributed by atoms with Crippen LogP contribution in [0.1, 0.15) is 52.9 Å². The molecule has 15 heavy (non-hydrogen) atoms. The van der Waals surface area contributed by atoms with Crippen LogP contribution in [-0.2, 0) is 9.53 Å². The van der Waals surface area contributed by atoms with E-state index >= 15 is 0 Å². The van der Waals surface area contributed by atoms with Crippen LogP contribution in [0.2, 0.25) is 0 Å². The summed E-state index contributed by atoms with van der Waals surface area (Å²) in [6, 6.07) is 0. The molecule has 0 heterocycles. The molecule has 0 radical (unpaired) electrons. The minimum absolute atomic E-state index is 0.00236. The molecule has 2 rings (SSSR count). The second-order valence-corrected chi connectivity index (χ2v) is 5.86. The first-order chi connectivity index (χ1) is 7.03. The normalized spacial score (nSPS) is 34.5. The molecule has 0 aromatic carbocycles. The molecule has 2 aliphatic rings. The Labute approximate surface area is 92.4 Å². The number of hydrogen-bond donors (Lipinski definition) is 0. The summed E-state index contributed by atoms with van der Waals surface area (Å²) in [5.74, 6) is 1.52. The Bertz CT molecular complexity index is 257. The van der Waals surface area contributed by atoms with Crippen LogP contribution < -0.4 is 0 Å². The van der Waals surface area contributed by atoms with E-state index in [-0.39, 0.29) is 17.5 Å². The fraction of sp³-hybridized carbons (Fsp3) is 0.923. The third-order valence-electron chi connectivity index (χ3n) is 4.37. The van der Waals surface area contributed by atoms with Gasteiger partial charge < -0.3 is 4.74 Å². The monoisotopic (exact) mass is 210 g/mol. The first kappa shape index (κ1) is 11.0. The Morgan fingerprint density at radius 3 is 2.53 bits per heavy atom. The van der Waals surface area contributed by atoms with E-state index in [0.29, 0.717) is 5.92 Å². The molecule has 0 spiro atoms. The zero-order chi connectivity index (χ0) is 11.1. The van der Waals surface area contributed by atoms with E-state index < -0.39 is 0 Å². The highest BCUT2D eigenvalue weighted by Gasteiger charge is 2.43. The van der Waals surface area contributed by atoms with E-state index in [1.54, 1.807) is 0 Å². The van der Waals surface area contributed by atoms with Gasteiger partial charge in [-0.15, -0.1) is 0 Å². The Kier molecular flexibility index (Phi) is 2.78. The third-order valence-corrected chi connectivity index (χ3v) is 4.37. The Hall–Kier alpha value is -0.530. The van der Waals surface area contributed by atoms with Crippen LogP contribution in [0.5, 0.6) is 0 Å². The van der Waals surface area contributed by atoms with E-state index in [2.05, 4.69) is 0 Å². The SMILES string of the molecule is CCC(C)(C)C(=O)OC1CC2CCC1C2. The van der Waals surface area contributed by atoms with Gasteiger partial charge >= 0.3 is 5.97 Å². The van der Waals surface area contributed by atoms with E-state index in [1.807, 2.05) is 20.8 Å². The van der Waals surface area contributed by atoms with E-state index in [4.69, 9.17) is 4.74 Å². The number of carbonyl (C=O) groups is 1. The van der Waals surface area contributed by atoms with Crippen molar-refractivity contribution in [3.63, 3.8) is 0 Å². The summed E-state index contributed by atoms with van der Waals surface area (Å²) < 4.78 is 5.66. The molecular formula is C13H22O2. The molecule has 2 heteroatoms. The van der Waals surface area contributed by atoms with Crippen molar-refractivity contribution >= 4 is 5.97 Å². The van der Waals surface area contributed by atoms with Crippen LogP contribution in [0.25, 0.3) is 0 Å². The molecule has 2 nitrogen and oxygen atoms in total. The molecule has 0 N–H and O–H groups in total. The van der Waals surface area contributed by atoms with Crippen LogP contribution in [0.4, 0.5) is 0 Å². The smallest absolute Gasteiger partial charge is 0.311 e. The van der Waals surface area contributed by atoms with E-state index in [0.717, 1.165) is 18.8 Å². The highest BCUT2D eigenvalue weighted by atomic mass is 16.5. The zero-order valence-corrected chi connectivity index (χ0v) is 10.1. The van der Waals surface area contributed by atoms with Gasteiger partial charge in [0, 0.05) is 0 Å². The topological polar surface area (TPSA) is 26.3 Å².